The van der Waals surface area contributed by atoms with Gasteiger partial charge >= 0.3 is 6.16 Å². The molecule has 162 valence electrons. The van der Waals surface area contributed by atoms with E-state index in [0.29, 0.717) is 0 Å². The van der Waals surface area contributed by atoms with Crippen LogP contribution in [0.4, 0.5) is 4.79 Å². The number of hydrogen-bond acceptors (Lipinski definition) is 2. The molecule has 1 N–H and O–H groups in total. The van der Waals surface area contributed by atoms with Crippen molar-refractivity contribution in [2.24, 2.45) is 0 Å². The number of benzene rings is 5. The van der Waals surface area contributed by atoms with E-state index < -0.39 is 16.5 Å². The van der Waals surface area contributed by atoms with Crippen LogP contribution in [0.5, 0.6) is 0 Å². The van der Waals surface area contributed by atoms with Crippen molar-refractivity contribution >= 4 is 27.2 Å². The first-order valence-corrected chi connectivity index (χ1v) is 12.2. The molecule has 0 fully saturated rings. The molecule has 33 heavy (non-hydrogen) atoms. The predicted octanol–water partition coefficient (Wildman–Crippen LogP) is 8.40. The normalized spacial score (nSPS) is 11.8. The molecule has 3 nitrogen and oxygen atoms in total. The average molecular weight is 451 g/mol. The molecule has 0 atom stereocenters. The molecule has 0 aromatic heterocycles. The van der Waals surface area contributed by atoms with Gasteiger partial charge in [-0.2, -0.15) is 0 Å². The van der Waals surface area contributed by atoms with Gasteiger partial charge in [0, 0.05) is 14.7 Å². The minimum atomic E-state index is -2.47. The van der Waals surface area contributed by atoms with E-state index in [1.165, 1.54) is 10.8 Å². The Morgan fingerprint density at radius 2 is 1.09 bits per heavy atom. The third kappa shape index (κ3) is 3.86. The Morgan fingerprint density at radius 1 is 0.576 bits per heavy atom. The summed E-state index contributed by atoms with van der Waals surface area (Å²) < 4.78 is 5.81. The fraction of sp³-hybridized carbons (Fsp3) is 0. The van der Waals surface area contributed by atoms with E-state index in [9.17, 15) is 9.90 Å². The van der Waals surface area contributed by atoms with Gasteiger partial charge in [-0.15, -0.1) is 0 Å². The lowest BCUT2D eigenvalue weighted by Crippen LogP contribution is -2.12. The second-order valence-electron chi connectivity index (χ2n) is 7.58. The topological polar surface area (TPSA) is 46.5 Å². The fourth-order valence-electron chi connectivity index (χ4n) is 4.19. The van der Waals surface area contributed by atoms with Gasteiger partial charge in [-0.25, -0.2) is 4.79 Å². The molecular weight excluding hydrogens is 428 g/mol. The zero-order chi connectivity index (χ0) is 22.7. The van der Waals surface area contributed by atoms with Crippen molar-refractivity contribution in [3.63, 3.8) is 0 Å². The fourth-order valence-corrected chi connectivity index (χ4v) is 7.11. The van der Waals surface area contributed by atoms with Gasteiger partial charge in [0.25, 0.3) is 0 Å². The highest BCUT2D eigenvalue weighted by Crippen LogP contribution is 2.69. The Labute approximate surface area is 194 Å². The molecule has 0 bridgehead atoms. The third-order valence-electron chi connectivity index (χ3n) is 5.63. The van der Waals surface area contributed by atoms with Crippen LogP contribution in [0.25, 0.3) is 21.9 Å². The summed E-state index contributed by atoms with van der Waals surface area (Å²) in [5.74, 6) is 0. The molecule has 5 aromatic carbocycles. The van der Waals surface area contributed by atoms with E-state index >= 15 is 0 Å². The number of carbonyl (C=O) groups is 1. The zero-order valence-corrected chi connectivity index (χ0v) is 18.6. The highest BCUT2D eigenvalue weighted by molar-refractivity contribution is 8.30. The van der Waals surface area contributed by atoms with Crippen molar-refractivity contribution in [1.82, 2.24) is 0 Å². The van der Waals surface area contributed by atoms with Crippen molar-refractivity contribution in [2.75, 3.05) is 0 Å². The van der Waals surface area contributed by atoms with Gasteiger partial charge in [-0.1, -0.05) is 91.0 Å². The molecule has 0 unspecified atom stereocenters. The minimum absolute atomic E-state index is 0.825. The van der Waals surface area contributed by atoms with Crippen LogP contribution in [0, 0.1) is 0 Å². The van der Waals surface area contributed by atoms with Crippen LogP contribution in [0.15, 0.2) is 142 Å². The number of hydrogen-bond donors (Lipinski definition) is 1. The maximum absolute atomic E-state index is 12.0. The van der Waals surface area contributed by atoms with Crippen molar-refractivity contribution < 1.29 is 14.1 Å². The Bertz CT molecular complexity index is 1350. The van der Waals surface area contributed by atoms with E-state index in [0.717, 1.165) is 25.8 Å². The van der Waals surface area contributed by atoms with Crippen LogP contribution in [0.2, 0.25) is 0 Å². The molecule has 5 rings (SSSR count). The molecule has 0 aliphatic carbocycles. The van der Waals surface area contributed by atoms with Gasteiger partial charge in [0.2, 0.25) is 0 Å². The third-order valence-corrected chi connectivity index (χ3v) is 8.83. The first kappa shape index (κ1) is 20.9. The number of rotatable bonds is 5. The van der Waals surface area contributed by atoms with Crippen LogP contribution in [-0.2, 0) is 4.18 Å². The number of carboxylic acid groups (broad SMARTS) is 1. The van der Waals surface area contributed by atoms with E-state index in [1.807, 2.05) is 84.9 Å². The Balaban J connectivity index is 1.70. The summed E-state index contributed by atoms with van der Waals surface area (Å²) in [6.07, 6.45) is -1.30. The first-order chi connectivity index (χ1) is 16.2. The Morgan fingerprint density at radius 3 is 1.70 bits per heavy atom. The molecule has 0 saturated heterocycles. The molecular formula is C29H22O3S. The minimum Gasteiger partial charge on any atom is -0.449 e. The van der Waals surface area contributed by atoms with Gasteiger partial charge in [-0.3, -0.25) is 0 Å². The molecule has 0 aliphatic rings. The summed E-state index contributed by atoms with van der Waals surface area (Å²) in [6, 6.07) is 41.9. The molecule has 4 heteroatoms. The first-order valence-electron chi connectivity index (χ1n) is 10.6. The number of fused-ring (bicyclic) bond motifs is 1. The van der Waals surface area contributed by atoms with Gasteiger partial charge in [0.15, 0.2) is 0 Å². The van der Waals surface area contributed by atoms with E-state index in [4.69, 9.17) is 4.18 Å². The lowest BCUT2D eigenvalue weighted by molar-refractivity contribution is 0.150. The van der Waals surface area contributed by atoms with Crippen molar-refractivity contribution in [3.05, 3.63) is 127 Å². The molecule has 5 aromatic rings. The van der Waals surface area contributed by atoms with Crippen LogP contribution in [-0.4, -0.2) is 11.3 Å². The quantitative estimate of drug-likeness (QED) is 0.292. The second kappa shape index (κ2) is 8.85. The summed E-state index contributed by atoms with van der Waals surface area (Å²) in [7, 11) is -2.47. The molecule has 0 saturated carbocycles. The van der Waals surface area contributed by atoms with Gasteiger partial charge in [-0.05, 0) is 68.6 Å². The molecule has 0 amide bonds. The largest absolute Gasteiger partial charge is 0.517 e. The van der Waals surface area contributed by atoms with Crippen LogP contribution in [0.3, 0.4) is 0 Å². The molecule has 0 radical (unpaired) electrons. The Hall–Kier alpha value is -4.02. The lowest BCUT2D eigenvalue weighted by atomic mass is 9.98. The second-order valence-corrected chi connectivity index (χ2v) is 10.3. The summed E-state index contributed by atoms with van der Waals surface area (Å²) in [5, 5.41) is 12.1. The van der Waals surface area contributed by atoms with E-state index in [-0.39, 0.29) is 0 Å². The SMILES string of the molecule is O=C(O)OS(c1ccccc1)(c1ccccc1)c1ccc(-c2cccc3ccccc23)cc1. The van der Waals surface area contributed by atoms with Crippen molar-refractivity contribution in [2.45, 2.75) is 14.7 Å². The summed E-state index contributed by atoms with van der Waals surface area (Å²) in [5.41, 5.74) is 2.21. The zero-order valence-electron chi connectivity index (χ0n) is 17.8. The van der Waals surface area contributed by atoms with Crippen LogP contribution >= 0.6 is 10.3 Å². The highest BCUT2D eigenvalue weighted by Gasteiger charge is 2.35. The molecule has 0 heterocycles. The van der Waals surface area contributed by atoms with Gasteiger partial charge in [0.1, 0.15) is 0 Å². The standard InChI is InChI=1S/C29H22O3S/c30-29(31)32-33(24-12-3-1-4-13-24,25-14-5-2-6-15-25)26-20-18-23(19-21-26)28-17-9-11-22-10-7-8-16-27(22)28/h1-21H,(H,30,31). The summed E-state index contributed by atoms with van der Waals surface area (Å²) in [4.78, 5) is 14.5. The van der Waals surface area contributed by atoms with Crippen LogP contribution < -0.4 is 0 Å². The van der Waals surface area contributed by atoms with E-state index in [2.05, 4.69) is 42.5 Å². The van der Waals surface area contributed by atoms with Crippen LogP contribution in [0.1, 0.15) is 0 Å². The maximum Gasteiger partial charge on any atom is 0.517 e. The van der Waals surface area contributed by atoms with Crippen molar-refractivity contribution in [1.29, 1.82) is 0 Å². The lowest BCUT2D eigenvalue weighted by Gasteiger charge is -2.38. The summed E-state index contributed by atoms with van der Waals surface area (Å²) >= 11 is 0. The highest BCUT2D eigenvalue weighted by atomic mass is 32.3. The summed E-state index contributed by atoms with van der Waals surface area (Å²) in [6.45, 7) is 0. The van der Waals surface area contributed by atoms with Gasteiger partial charge < -0.3 is 9.29 Å². The average Bonchev–Trinajstić information content (AvgIpc) is 2.88. The smallest absolute Gasteiger partial charge is 0.449 e. The van der Waals surface area contributed by atoms with Gasteiger partial charge in [0.05, 0.1) is 0 Å². The molecule has 0 aliphatic heterocycles. The Kier molecular flexibility index (Phi) is 5.59. The molecule has 0 spiro atoms. The predicted molar refractivity (Wildman–Crippen MR) is 134 cm³/mol. The van der Waals surface area contributed by atoms with E-state index in [1.54, 1.807) is 0 Å². The monoisotopic (exact) mass is 450 g/mol. The maximum atomic E-state index is 12.0. The van der Waals surface area contributed by atoms with Crippen molar-refractivity contribution in [3.8, 4) is 11.1 Å².